The number of para-hydroxylation sites is 1. The van der Waals surface area contributed by atoms with E-state index in [9.17, 15) is 18.0 Å². The van der Waals surface area contributed by atoms with Gasteiger partial charge in [-0.25, -0.2) is 8.42 Å². The van der Waals surface area contributed by atoms with Crippen LogP contribution in [0.15, 0.2) is 94.3 Å². The summed E-state index contributed by atoms with van der Waals surface area (Å²) in [7, 11) is -2.54. The summed E-state index contributed by atoms with van der Waals surface area (Å²) in [6.45, 7) is 1.30. The van der Waals surface area contributed by atoms with Crippen molar-refractivity contribution < 1.29 is 18.0 Å². The number of nitrogens with zero attached hydrogens (tertiary/aromatic N) is 2. The van der Waals surface area contributed by atoms with Crippen molar-refractivity contribution in [2.45, 2.75) is 24.4 Å². The van der Waals surface area contributed by atoms with Crippen molar-refractivity contribution in [2.75, 3.05) is 17.9 Å². The summed E-state index contributed by atoms with van der Waals surface area (Å²) in [5.74, 6) is -0.847. The SMILES string of the molecule is CNC(=O)[C@H](C)N(Cc1cccc(Br)c1)C(=O)CN(c1ccccc1)S(=O)(=O)c1ccccc1. The Labute approximate surface area is 208 Å². The highest BCUT2D eigenvalue weighted by atomic mass is 79.9. The van der Waals surface area contributed by atoms with Gasteiger partial charge in [0.15, 0.2) is 0 Å². The van der Waals surface area contributed by atoms with Crippen LogP contribution in [0.5, 0.6) is 0 Å². The van der Waals surface area contributed by atoms with Crippen molar-refractivity contribution >= 4 is 43.5 Å². The summed E-state index contributed by atoms with van der Waals surface area (Å²) in [6, 6.07) is 23.0. The van der Waals surface area contributed by atoms with Gasteiger partial charge in [0.25, 0.3) is 10.0 Å². The molecule has 0 fully saturated rings. The first-order valence-corrected chi connectivity index (χ1v) is 12.9. The highest BCUT2D eigenvalue weighted by Crippen LogP contribution is 2.24. The van der Waals surface area contributed by atoms with Crippen molar-refractivity contribution in [3.8, 4) is 0 Å². The molecule has 3 aromatic carbocycles. The lowest BCUT2D eigenvalue weighted by Crippen LogP contribution is -2.50. The van der Waals surface area contributed by atoms with Gasteiger partial charge in [-0.05, 0) is 48.9 Å². The molecule has 3 rings (SSSR count). The van der Waals surface area contributed by atoms with Crippen LogP contribution >= 0.6 is 15.9 Å². The average Bonchev–Trinajstić information content (AvgIpc) is 2.85. The summed E-state index contributed by atoms with van der Waals surface area (Å²) in [5.41, 5.74) is 1.16. The number of benzene rings is 3. The molecule has 7 nitrogen and oxygen atoms in total. The minimum atomic E-state index is -4.04. The first-order chi connectivity index (χ1) is 16.2. The average molecular weight is 544 g/mol. The summed E-state index contributed by atoms with van der Waals surface area (Å²) in [4.78, 5) is 27.5. The lowest BCUT2D eigenvalue weighted by atomic mass is 10.1. The second-order valence-corrected chi connectivity index (χ2v) is 10.4. The van der Waals surface area contributed by atoms with Crippen LogP contribution in [-0.4, -0.2) is 44.8 Å². The third-order valence-electron chi connectivity index (χ3n) is 5.31. The summed E-state index contributed by atoms with van der Waals surface area (Å²) < 4.78 is 29.0. The number of anilines is 1. The van der Waals surface area contributed by atoms with Crippen molar-refractivity contribution in [1.29, 1.82) is 0 Å². The van der Waals surface area contributed by atoms with Crippen LogP contribution < -0.4 is 9.62 Å². The zero-order valence-electron chi connectivity index (χ0n) is 18.9. The molecule has 1 atom stereocenters. The smallest absolute Gasteiger partial charge is 0.264 e. The maximum Gasteiger partial charge on any atom is 0.264 e. The highest BCUT2D eigenvalue weighted by molar-refractivity contribution is 9.10. The first kappa shape index (κ1) is 25.5. The summed E-state index contributed by atoms with van der Waals surface area (Å²) >= 11 is 3.42. The lowest BCUT2D eigenvalue weighted by molar-refractivity contribution is -0.139. The van der Waals surface area contributed by atoms with Gasteiger partial charge >= 0.3 is 0 Å². The van der Waals surface area contributed by atoms with Gasteiger partial charge in [-0.1, -0.05) is 64.5 Å². The van der Waals surface area contributed by atoms with E-state index in [2.05, 4.69) is 21.2 Å². The van der Waals surface area contributed by atoms with Crippen molar-refractivity contribution in [1.82, 2.24) is 10.2 Å². The molecule has 0 aromatic heterocycles. The van der Waals surface area contributed by atoms with Crippen molar-refractivity contribution in [2.24, 2.45) is 0 Å². The Hall–Kier alpha value is -3.17. The van der Waals surface area contributed by atoms with Crippen LogP contribution in [0, 0.1) is 0 Å². The van der Waals surface area contributed by atoms with Gasteiger partial charge in [-0.3, -0.25) is 13.9 Å². The molecule has 34 heavy (non-hydrogen) atoms. The predicted molar refractivity (Wildman–Crippen MR) is 136 cm³/mol. The number of likely N-dealkylation sites (N-methyl/N-ethyl adjacent to an activating group) is 1. The van der Waals surface area contributed by atoms with Crippen LogP contribution in [0.1, 0.15) is 12.5 Å². The van der Waals surface area contributed by atoms with E-state index in [0.29, 0.717) is 5.69 Å². The first-order valence-electron chi connectivity index (χ1n) is 10.6. The normalized spacial score (nSPS) is 12.0. The molecule has 0 saturated carbocycles. The molecule has 0 aliphatic rings. The van der Waals surface area contributed by atoms with Crippen LogP contribution in [0.25, 0.3) is 0 Å². The zero-order chi connectivity index (χ0) is 24.7. The van der Waals surface area contributed by atoms with Gasteiger partial charge in [0.1, 0.15) is 12.6 Å². The standard InChI is InChI=1S/C25H26BrN3O4S/c1-19(25(31)27-2)28(17-20-10-9-11-21(26)16-20)24(30)18-29(22-12-5-3-6-13-22)34(32,33)23-14-7-4-8-15-23/h3-16,19H,17-18H2,1-2H3,(H,27,31)/t19-/m0/s1. The molecule has 0 aliphatic carbocycles. The number of carbonyl (C=O) groups excluding carboxylic acids is 2. The molecule has 1 N–H and O–H groups in total. The Morgan fingerprint density at radius 3 is 2.15 bits per heavy atom. The summed E-state index contributed by atoms with van der Waals surface area (Å²) in [5, 5.41) is 2.56. The molecule has 0 radical (unpaired) electrons. The highest BCUT2D eigenvalue weighted by Gasteiger charge is 2.32. The Morgan fingerprint density at radius 1 is 0.941 bits per heavy atom. The zero-order valence-corrected chi connectivity index (χ0v) is 21.3. The fraction of sp³-hybridized carbons (Fsp3) is 0.200. The number of nitrogens with one attached hydrogen (secondary N) is 1. The minimum Gasteiger partial charge on any atom is -0.357 e. The minimum absolute atomic E-state index is 0.0737. The van der Waals surface area contributed by atoms with Gasteiger partial charge < -0.3 is 10.2 Å². The Kier molecular flexibility index (Phi) is 8.46. The fourth-order valence-corrected chi connectivity index (χ4v) is 5.35. The van der Waals surface area contributed by atoms with Gasteiger partial charge in [0.2, 0.25) is 11.8 Å². The molecule has 0 unspecified atom stereocenters. The number of sulfonamides is 1. The summed E-state index contributed by atoms with van der Waals surface area (Å²) in [6.07, 6.45) is 0. The van der Waals surface area contributed by atoms with Crippen LogP contribution in [0.3, 0.4) is 0 Å². The molecule has 2 amide bonds. The van der Waals surface area contributed by atoms with E-state index in [4.69, 9.17) is 0 Å². The van der Waals surface area contributed by atoms with Crippen LogP contribution in [0.2, 0.25) is 0 Å². The van der Waals surface area contributed by atoms with Gasteiger partial charge in [0, 0.05) is 18.1 Å². The molecule has 0 saturated heterocycles. The monoisotopic (exact) mass is 543 g/mol. The molecule has 0 heterocycles. The van der Waals surface area contributed by atoms with Crippen molar-refractivity contribution in [3.05, 3.63) is 95.0 Å². The van der Waals surface area contributed by atoms with E-state index in [1.54, 1.807) is 55.5 Å². The van der Waals surface area contributed by atoms with E-state index >= 15 is 0 Å². The van der Waals surface area contributed by atoms with Gasteiger partial charge in [0.05, 0.1) is 10.6 Å². The molecule has 9 heteroatoms. The van der Waals surface area contributed by atoms with E-state index in [0.717, 1.165) is 14.3 Å². The molecular formula is C25H26BrN3O4S. The number of amides is 2. The molecule has 0 bridgehead atoms. The largest absolute Gasteiger partial charge is 0.357 e. The van der Waals surface area contributed by atoms with E-state index in [1.807, 2.05) is 24.3 Å². The number of hydrogen-bond donors (Lipinski definition) is 1. The lowest BCUT2D eigenvalue weighted by Gasteiger charge is -2.31. The van der Waals surface area contributed by atoms with E-state index in [1.165, 1.54) is 24.1 Å². The molecule has 3 aromatic rings. The van der Waals surface area contributed by atoms with E-state index < -0.39 is 28.5 Å². The Balaban J connectivity index is 1.99. The Bertz CT molecular complexity index is 1240. The third-order valence-corrected chi connectivity index (χ3v) is 7.59. The molecule has 0 spiro atoms. The second-order valence-electron chi connectivity index (χ2n) is 7.60. The van der Waals surface area contributed by atoms with Crippen molar-refractivity contribution in [3.63, 3.8) is 0 Å². The second kappa shape index (κ2) is 11.3. The van der Waals surface area contributed by atoms with Crippen LogP contribution in [0.4, 0.5) is 5.69 Å². The predicted octanol–water partition coefficient (Wildman–Crippen LogP) is 3.81. The quantitative estimate of drug-likeness (QED) is 0.444. The molecular weight excluding hydrogens is 518 g/mol. The number of carbonyl (C=O) groups is 2. The number of rotatable bonds is 9. The van der Waals surface area contributed by atoms with E-state index in [-0.39, 0.29) is 17.3 Å². The maximum atomic E-state index is 13.6. The molecule has 0 aliphatic heterocycles. The number of hydrogen-bond acceptors (Lipinski definition) is 4. The number of halogens is 1. The topological polar surface area (TPSA) is 86.8 Å². The Morgan fingerprint density at radius 2 is 1.56 bits per heavy atom. The fourth-order valence-electron chi connectivity index (χ4n) is 3.47. The third kappa shape index (κ3) is 6.03. The molecule has 178 valence electrons. The van der Waals surface area contributed by atoms with Gasteiger partial charge in [-0.2, -0.15) is 0 Å². The maximum absolute atomic E-state index is 13.6. The van der Waals surface area contributed by atoms with Gasteiger partial charge in [-0.15, -0.1) is 0 Å². The van der Waals surface area contributed by atoms with Crippen LogP contribution in [-0.2, 0) is 26.2 Å².